The van der Waals surface area contributed by atoms with Gasteiger partial charge in [0.2, 0.25) is 0 Å². The van der Waals surface area contributed by atoms with Crippen LogP contribution in [0.2, 0.25) is 0 Å². The van der Waals surface area contributed by atoms with Gasteiger partial charge in [-0.15, -0.1) is 0 Å². The van der Waals surface area contributed by atoms with E-state index in [9.17, 15) is 0 Å². The molecule has 0 amide bonds. The molecule has 0 saturated carbocycles. The lowest BCUT2D eigenvalue weighted by atomic mass is 9.81. The highest BCUT2D eigenvalue weighted by Crippen LogP contribution is 2.44. The molecular formula is C58H41NO. The van der Waals surface area contributed by atoms with Gasteiger partial charge in [0, 0.05) is 27.8 Å². The van der Waals surface area contributed by atoms with Crippen molar-refractivity contribution in [2.24, 2.45) is 0 Å². The second-order valence-electron chi connectivity index (χ2n) is 16.2. The molecule has 0 spiro atoms. The van der Waals surface area contributed by atoms with Crippen LogP contribution in [0, 0.1) is 0 Å². The first-order valence-electron chi connectivity index (χ1n) is 21.2. The lowest BCUT2D eigenvalue weighted by molar-refractivity contribution is 0.669. The predicted molar refractivity (Wildman–Crippen MR) is 254 cm³/mol. The summed E-state index contributed by atoms with van der Waals surface area (Å²) < 4.78 is 6.29. The van der Waals surface area contributed by atoms with E-state index < -0.39 is 0 Å². The smallest absolute Gasteiger partial charge is 0.136 e. The number of hydrogen-bond donors (Lipinski definition) is 0. The highest BCUT2D eigenvalue weighted by atomic mass is 16.3. The Bertz CT molecular complexity index is 3380. The molecule has 2 aliphatic carbocycles. The minimum Gasteiger partial charge on any atom is -0.456 e. The average Bonchev–Trinajstić information content (AvgIpc) is 3.71. The highest BCUT2D eigenvalue weighted by Gasteiger charge is 2.22. The van der Waals surface area contributed by atoms with Crippen LogP contribution >= 0.6 is 0 Å². The van der Waals surface area contributed by atoms with Crippen LogP contribution < -0.4 is 4.90 Å². The predicted octanol–water partition coefficient (Wildman–Crippen LogP) is 16.3. The minimum atomic E-state index is 0.906. The number of anilines is 3. The SMILES string of the molecule is C1=Cc2cc(-c3cccc(N(c4ccc(-c5cccc6oc7ccccc7c56)cc4)c4cccc(-c5cc6ccccc6c6ccccc56)c4)c3)c3c(c2CC1)CCC=C3. The maximum Gasteiger partial charge on any atom is 0.136 e. The van der Waals surface area contributed by atoms with Gasteiger partial charge >= 0.3 is 0 Å². The molecule has 0 saturated heterocycles. The fourth-order valence-electron chi connectivity index (χ4n) is 10.0. The van der Waals surface area contributed by atoms with Crippen molar-refractivity contribution in [1.82, 2.24) is 0 Å². The number of furan rings is 1. The van der Waals surface area contributed by atoms with E-state index in [4.69, 9.17) is 4.42 Å². The first-order chi connectivity index (χ1) is 29.7. The number of rotatable bonds is 6. The summed E-state index contributed by atoms with van der Waals surface area (Å²) in [5, 5.41) is 7.34. The van der Waals surface area contributed by atoms with E-state index in [0.717, 1.165) is 70.2 Å². The third kappa shape index (κ3) is 5.71. The number of hydrogen-bond acceptors (Lipinski definition) is 2. The Morgan fingerprint density at radius 1 is 0.400 bits per heavy atom. The van der Waals surface area contributed by atoms with Crippen molar-refractivity contribution in [1.29, 1.82) is 0 Å². The van der Waals surface area contributed by atoms with Crippen LogP contribution in [0.1, 0.15) is 35.1 Å². The van der Waals surface area contributed by atoms with Gasteiger partial charge in [-0.25, -0.2) is 0 Å². The van der Waals surface area contributed by atoms with E-state index in [-0.39, 0.29) is 0 Å². The lowest BCUT2D eigenvalue weighted by Crippen LogP contribution is -2.10. The van der Waals surface area contributed by atoms with Gasteiger partial charge in [0.15, 0.2) is 0 Å². The molecular weight excluding hydrogens is 727 g/mol. The van der Waals surface area contributed by atoms with Gasteiger partial charge in [-0.2, -0.15) is 0 Å². The van der Waals surface area contributed by atoms with Crippen molar-refractivity contribution >= 4 is 72.7 Å². The van der Waals surface area contributed by atoms with E-state index in [0.29, 0.717) is 0 Å². The van der Waals surface area contributed by atoms with Gasteiger partial charge in [0.25, 0.3) is 0 Å². The highest BCUT2D eigenvalue weighted by molar-refractivity contribution is 6.14. The third-order valence-corrected chi connectivity index (χ3v) is 12.8. The second kappa shape index (κ2) is 14.1. The van der Waals surface area contributed by atoms with Crippen LogP contribution in [0.5, 0.6) is 0 Å². The summed E-state index contributed by atoms with van der Waals surface area (Å²) >= 11 is 0. The number of benzene rings is 9. The van der Waals surface area contributed by atoms with E-state index in [2.05, 4.69) is 199 Å². The van der Waals surface area contributed by atoms with E-state index in [1.807, 2.05) is 6.07 Å². The van der Waals surface area contributed by atoms with E-state index in [1.54, 1.807) is 0 Å². The molecule has 0 fully saturated rings. The Morgan fingerprint density at radius 2 is 1.05 bits per heavy atom. The van der Waals surface area contributed by atoms with Gasteiger partial charge in [0.1, 0.15) is 11.2 Å². The van der Waals surface area contributed by atoms with Crippen molar-refractivity contribution in [3.8, 4) is 33.4 Å². The van der Waals surface area contributed by atoms with Gasteiger partial charge in [-0.3, -0.25) is 0 Å². The summed E-state index contributed by atoms with van der Waals surface area (Å²) in [6.45, 7) is 0. The molecule has 0 bridgehead atoms. The molecule has 0 unspecified atom stereocenters. The molecule has 9 aromatic carbocycles. The molecule has 1 heterocycles. The quantitative estimate of drug-likeness (QED) is 0.157. The summed E-state index contributed by atoms with van der Waals surface area (Å²) in [6.07, 6.45) is 13.8. The van der Waals surface area contributed by atoms with Gasteiger partial charge in [-0.1, -0.05) is 140 Å². The third-order valence-electron chi connectivity index (χ3n) is 12.8. The molecule has 12 rings (SSSR count). The normalized spacial score (nSPS) is 13.3. The summed E-state index contributed by atoms with van der Waals surface area (Å²) in [4.78, 5) is 2.43. The zero-order valence-corrected chi connectivity index (χ0v) is 33.2. The average molecular weight is 768 g/mol. The fraction of sp³-hybridized carbons (Fsp3) is 0.0690. The van der Waals surface area contributed by atoms with Gasteiger partial charge in [0.05, 0.1) is 0 Å². The molecule has 2 aliphatic rings. The van der Waals surface area contributed by atoms with Crippen molar-refractivity contribution in [3.05, 3.63) is 210 Å². The van der Waals surface area contributed by atoms with Crippen molar-refractivity contribution in [2.75, 3.05) is 4.90 Å². The Hall–Kier alpha value is -7.42. The molecule has 2 nitrogen and oxygen atoms in total. The van der Waals surface area contributed by atoms with E-state index >= 15 is 0 Å². The lowest BCUT2D eigenvalue weighted by Gasteiger charge is -2.28. The van der Waals surface area contributed by atoms with Gasteiger partial charge in [-0.05, 0) is 164 Å². The van der Waals surface area contributed by atoms with Crippen molar-refractivity contribution in [2.45, 2.75) is 25.7 Å². The van der Waals surface area contributed by atoms with Crippen molar-refractivity contribution < 1.29 is 4.42 Å². The summed E-state index contributed by atoms with van der Waals surface area (Å²) in [6, 6.07) is 64.4. The standard InChI is InChI=1S/C58H41NO/c1-3-20-46-41(14-1)36-54(51-24-7-5-22-49(46)51)39-16-11-18-44(34-39)59(43-32-30-38(31-33-43)48-27-13-29-57-58(48)53-26-9-10-28-56(53)60-57)45-19-12-17-40(35-45)55-37-42-15-2-4-21-47(42)50-23-6-8-25-52(50)55/h1-3,5,7-20,22,24-37H,4,6,21,23H2. The summed E-state index contributed by atoms with van der Waals surface area (Å²) in [5.41, 5.74) is 18.2. The zero-order chi connectivity index (χ0) is 39.6. The number of fused-ring (bicyclic) bond motifs is 9. The molecule has 2 heteroatoms. The molecule has 284 valence electrons. The summed E-state index contributed by atoms with van der Waals surface area (Å²) in [5.74, 6) is 0. The van der Waals surface area contributed by atoms with E-state index in [1.165, 1.54) is 71.6 Å². The van der Waals surface area contributed by atoms with Gasteiger partial charge < -0.3 is 9.32 Å². The molecule has 0 aliphatic heterocycles. The second-order valence-corrected chi connectivity index (χ2v) is 16.2. The largest absolute Gasteiger partial charge is 0.456 e. The topological polar surface area (TPSA) is 16.4 Å². The first kappa shape index (κ1) is 34.6. The molecule has 1 aromatic heterocycles. The van der Waals surface area contributed by atoms with Crippen LogP contribution in [0.4, 0.5) is 17.1 Å². The zero-order valence-electron chi connectivity index (χ0n) is 33.2. The van der Waals surface area contributed by atoms with Crippen molar-refractivity contribution in [3.63, 3.8) is 0 Å². The maximum absolute atomic E-state index is 6.29. The molecule has 0 N–H and O–H groups in total. The first-order valence-corrected chi connectivity index (χ1v) is 21.2. The maximum atomic E-state index is 6.29. The fourth-order valence-corrected chi connectivity index (χ4v) is 10.0. The van der Waals surface area contributed by atoms with Crippen LogP contribution in [-0.4, -0.2) is 0 Å². The molecule has 60 heavy (non-hydrogen) atoms. The number of nitrogens with zero attached hydrogens (tertiary/aromatic N) is 1. The van der Waals surface area contributed by atoms with Crippen LogP contribution in [-0.2, 0) is 12.8 Å². The Kier molecular flexibility index (Phi) is 8.16. The summed E-state index contributed by atoms with van der Waals surface area (Å²) in [7, 11) is 0. The molecule has 0 atom stereocenters. The number of allylic oxidation sites excluding steroid dienone is 2. The van der Waals surface area contributed by atoms with Crippen LogP contribution in [0.3, 0.4) is 0 Å². The Morgan fingerprint density at radius 3 is 1.87 bits per heavy atom. The van der Waals surface area contributed by atoms with Crippen LogP contribution in [0.15, 0.2) is 192 Å². The van der Waals surface area contributed by atoms with Crippen LogP contribution in [0.25, 0.3) is 89.0 Å². The number of para-hydroxylation sites is 1. The monoisotopic (exact) mass is 767 g/mol. The minimum absolute atomic E-state index is 0.906. The molecule has 10 aromatic rings. The molecule has 0 radical (unpaired) electrons. The Labute approximate surface area is 350 Å². The Balaban J connectivity index is 1.03.